The molecule has 5 nitrogen and oxygen atoms in total. The maximum atomic E-state index is 5.92. The van der Waals surface area contributed by atoms with Gasteiger partial charge in [0.2, 0.25) is 0 Å². The highest BCUT2D eigenvalue weighted by atomic mass is 16.5. The van der Waals surface area contributed by atoms with Gasteiger partial charge in [0.15, 0.2) is 0 Å². The number of aryl methyl sites for hydroxylation is 1. The monoisotopic (exact) mass is 270 g/mol. The van der Waals surface area contributed by atoms with Crippen LogP contribution in [0.15, 0.2) is 16.5 Å². The van der Waals surface area contributed by atoms with Gasteiger partial charge in [0.1, 0.15) is 11.5 Å². The van der Waals surface area contributed by atoms with Crippen LogP contribution in [0, 0.1) is 6.92 Å². The molecular formula is C14H26N2O3. The van der Waals surface area contributed by atoms with Gasteiger partial charge in [0.25, 0.3) is 0 Å². The molecule has 1 aromatic heterocycles. The molecule has 0 saturated heterocycles. The summed E-state index contributed by atoms with van der Waals surface area (Å²) in [5.74, 6) is 1.84. The Kier molecular flexibility index (Phi) is 7.74. The molecule has 110 valence electrons. The summed E-state index contributed by atoms with van der Waals surface area (Å²) in [6.07, 6.45) is 0.969. The first-order chi connectivity index (χ1) is 9.22. The smallest absolute Gasteiger partial charge is 0.122 e. The van der Waals surface area contributed by atoms with Gasteiger partial charge in [-0.3, -0.25) is 4.90 Å². The van der Waals surface area contributed by atoms with E-state index in [4.69, 9.17) is 19.6 Å². The Morgan fingerprint density at radius 1 is 1.21 bits per heavy atom. The minimum Gasteiger partial charge on any atom is -0.465 e. The van der Waals surface area contributed by atoms with Crippen LogP contribution in [-0.4, -0.2) is 52.0 Å². The number of ether oxygens (including phenoxy) is 2. The molecule has 0 spiro atoms. The Bertz CT molecular complexity index is 341. The number of nitrogens with two attached hydrogens (primary N) is 1. The predicted molar refractivity (Wildman–Crippen MR) is 75.2 cm³/mol. The fourth-order valence-corrected chi connectivity index (χ4v) is 2.12. The summed E-state index contributed by atoms with van der Waals surface area (Å²) in [5.41, 5.74) is 5.92. The van der Waals surface area contributed by atoms with E-state index in [0.717, 1.165) is 37.6 Å². The van der Waals surface area contributed by atoms with Crippen molar-refractivity contribution in [1.82, 2.24) is 4.90 Å². The summed E-state index contributed by atoms with van der Waals surface area (Å²) in [7, 11) is 3.43. The first kappa shape index (κ1) is 16.2. The maximum absolute atomic E-state index is 5.92. The van der Waals surface area contributed by atoms with E-state index >= 15 is 0 Å². The van der Waals surface area contributed by atoms with Crippen LogP contribution in [-0.2, 0) is 9.47 Å². The summed E-state index contributed by atoms with van der Waals surface area (Å²) < 4.78 is 16.0. The third-order valence-corrected chi connectivity index (χ3v) is 3.13. The van der Waals surface area contributed by atoms with E-state index in [-0.39, 0.29) is 6.04 Å². The Morgan fingerprint density at radius 3 is 2.47 bits per heavy atom. The molecule has 1 rings (SSSR count). The average Bonchev–Trinajstić information content (AvgIpc) is 2.83. The first-order valence-electron chi connectivity index (χ1n) is 6.71. The molecule has 0 fully saturated rings. The quantitative estimate of drug-likeness (QED) is 0.654. The largest absolute Gasteiger partial charge is 0.465 e. The third kappa shape index (κ3) is 5.32. The van der Waals surface area contributed by atoms with Gasteiger partial charge >= 0.3 is 0 Å². The molecular weight excluding hydrogens is 244 g/mol. The van der Waals surface area contributed by atoms with E-state index in [1.165, 1.54) is 0 Å². The van der Waals surface area contributed by atoms with Crippen LogP contribution in [0.3, 0.4) is 0 Å². The molecule has 1 heterocycles. The topological polar surface area (TPSA) is 60.9 Å². The fourth-order valence-electron chi connectivity index (χ4n) is 2.12. The molecule has 0 amide bonds. The van der Waals surface area contributed by atoms with Crippen molar-refractivity contribution in [3.63, 3.8) is 0 Å². The van der Waals surface area contributed by atoms with Crippen molar-refractivity contribution in [2.24, 2.45) is 5.73 Å². The van der Waals surface area contributed by atoms with Gasteiger partial charge in [-0.1, -0.05) is 0 Å². The molecule has 0 aromatic carbocycles. The summed E-state index contributed by atoms with van der Waals surface area (Å²) in [6, 6.07) is 4.07. The Morgan fingerprint density at radius 2 is 1.95 bits per heavy atom. The predicted octanol–water partition coefficient (Wildman–Crippen LogP) is 1.57. The van der Waals surface area contributed by atoms with Crippen LogP contribution < -0.4 is 5.73 Å². The summed E-state index contributed by atoms with van der Waals surface area (Å²) in [5, 5.41) is 0. The van der Waals surface area contributed by atoms with Crippen molar-refractivity contribution in [2.45, 2.75) is 19.4 Å². The molecule has 0 aliphatic rings. The molecule has 5 heteroatoms. The third-order valence-electron chi connectivity index (χ3n) is 3.13. The summed E-state index contributed by atoms with van der Waals surface area (Å²) in [6.45, 7) is 5.66. The zero-order valence-electron chi connectivity index (χ0n) is 12.2. The zero-order valence-corrected chi connectivity index (χ0v) is 12.2. The van der Waals surface area contributed by atoms with E-state index < -0.39 is 0 Å². The van der Waals surface area contributed by atoms with E-state index in [1.807, 2.05) is 19.1 Å². The number of rotatable bonds is 10. The number of furan rings is 1. The van der Waals surface area contributed by atoms with Gasteiger partial charge < -0.3 is 19.6 Å². The Hall–Kier alpha value is -0.880. The second-order valence-corrected chi connectivity index (χ2v) is 4.58. The fraction of sp³-hybridized carbons (Fsp3) is 0.714. The van der Waals surface area contributed by atoms with Crippen molar-refractivity contribution in [2.75, 3.05) is 47.1 Å². The van der Waals surface area contributed by atoms with E-state index in [2.05, 4.69) is 4.90 Å². The van der Waals surface area contributed by atoms with Crippen molar-refractivity contribution in [1.29, 1.82) is 0 Å². The highest BCUT2D eigenvalue weighted by Crippen LogP contribution is 2.22. The second-order valence-electron chi connectivity index (χ2n) is 4.58. The molecule has 1 unspecified atom stereocenters. The minimum absolute atomic E-state index is 0.0979. The maximum Gasteiger partial charge on any atom is 0.122 e. The zero-order chi connectivity index (χ0) is 14.1. The van der Waals surface area contributed by atoms with Crippen LogP contribution in [0.4, 0.5) is 0 Å². The number of methoxy groups -OCH3 is 2. The van der Waals surface area contributed by atoms with Crippen molar-refractivity contribution < 1.29 is 13.9 Å². The van der Waals surface area contributed by atoms with Crippen molar-refractivity contribution in [3.05, 3.63) is 23.7 Å². The van der Waals surface area contributed by atoms with Gasteiger partial charge in [0, 0.05) is 40.5 Å². The molecule has 0 saturated carbocycles. The molecule has 19 heavy (non-hydrogen) atoms. The minimum atomic E-state index is 0.0979. The molecule has 0 aliphatic heterocycles. The number of nitrogens with zero attached hydrogens (tertiary/aromatic N) is 1. The Labute approximate surface area is 115 Å². The molecule has 1 aromatic rings. The number of hydrogen-bond acceptors (Lipinski definition) is 5. The van der Waals surface area contributed by atoms with Crippen molar-refractivity contribution >= 4 is 0 Å². The highest BCUT2D eigenvalue weighted by Gasteiger charge is 2.21. The first-order valence-corrected chi connectivity index (χ1v) is 6.71. The molecule has 0 aliphatic carbocycles. The van der Waals surface area contributed by atoms with Gasteiger partial charge in [-0.15, -0.1) is 0 Å². The lowest BCUT2D eigenvalue weighted by Crippen LogP contribution is -2.37. The molecule has 0 radical (unpaired) electrons. The highest BCUT2D eigenvalue weighted by molar-refractivity contribution is 5.10. The van der Waals surface area contributed by atoms with Crippen LogP contribution >= 0.6 is 0 Å². The SMILES string of the molecule is COCCCN(CCOC)C(CN)c1ccc(C)o1. The lowest BCUT2D eigenvalue weighted by atomic mass is 10.1. The van der Waals surface area contributed by atoms with Crippen molar-refractivity contribution in [3.8, 4) is 0 Å². The van der Waals surface area contributed by atoms with Crippen LogP contribution in [0.2, 0.25) is 0 Å². The lowest BCUT2D eigenvalue weighted by Gasteiger charge is -2.29. The van der Waals surface area contributed by atoms with E-state index in [1.54, 1.807) is 14.2 Å². The molecule has 0 bridgehead atoms. The van der Waals surface area contributed by atoms with Crippen LogP contribution in [0.1, 0.15) is 24.0 Å². The van der Waals surface area contributed by atoms with E-state index in [9.17, 15) is 0 Å². The molecule has 1 atom stereocenters. The van der Waals surface area contributed by atoms with Gasteiger partial charge in [-0.25, -0.2) is 0 Å². The van der Waals surface area contributed by atoms with Gasteiger partial charge in [-0.2, -0.15) is 0 Å². The molecule has 2 N–H and O–H groups in total. The van der Waals surface area contributed by atoms with Gasteiger partial charge in [-0.05, 0) is 25.5 Å². The standard InChI is InChI=1S/C14H26N2O3/c1-12-5-6-14(19-12)13(11-15)16(8-10-18-3)7-4-9-17-2/h5-6,13H,4,7-11,15H2,1-3H3. The lowest BCUT2D eigenvalue weighted by molar-refractivity contribution is 0.1000. The average molecular weight is 270 g/mol. The Balaban J connectivity index is 2.67. The van der Waals surface area contributed by atoms with E-state index in [0.29, 0.717) is 13.2 Å². The summed E-state index contributed by atoms with van der Waals surface area (Å²) in [4.78, 5) is 2.29. The van der Waals surface area contributed by atoms with Crippen LogP contribution in [0.5, 0.6) is 0 Å². The normalized spacial score (nSPS) is 13.1. The number of hydrogen-bond donors (Lipinski definition) is 1. The second kappa shape index (κ2) is 9.09. The summed E-state index contributed by atoms with van der Waals surface area (Å²) >= 11 is 0. The van der Waals surface area contributed by atoms with Crippen LogP contribution in [0.25, 0.3) is 0 Å². The van der Waals surface area contributed by atoms with Gasteiger partial charge in [0.05, 0.1) is 12.6 Å².